The smallest absolute Gasteiger partial charge is 0.147 e. The van der Waals surface area contributed by atoms with E-state index in [9.17, 15) is 4.79 Å². The molecule has 4 heteroatoms. The first kappa shape index (κ1) is 17.7. The van der Waals surface area contributed by atoms with Crippen LogP contribution in [0.1, 0.15) is 49.7 Å². The van der Waals surface area contributed by atoms with Crippen molar-refractivity contribution in [1.82, 2.24) is 0 Å². The molecule has 0 N–H and O–H groups in total. The molecule has 0 spiro atoms. The van der Waals surface area contributed by atoms with Gasteiger partial charge in [0, 0.05) is 25.4 Å². The molecule has 27 heavy (non-hydrogen) atoms. The van der Waals surface area contributed by atoms with E-state index >= 15 is 0 Å². The number of carbonyl (C=O) groups is 1. The molecular weight excluding hydrogens is 340 g/mol. The largest absolute Gasteiger partial charge is 0.497 e. The molecule has 0 saturated heterocycles. The zero-order valence-corrected chi connectivity index (χ0v) is 16.4. The van der Waals surface area contributed by atoms with Crippen LogP contribution in [0.3, 0.4) is 0 Å². The van der Waals surface area contributed by atoms with Gasteiger partial charge in [-0.3, -0.25) is 4.79 Å². The van der Waals surface area contributed by atoms with Gasteiger partial charge in [0.2, 0.25) is 0 Å². The molecule has 0 aromatic heterocycles. The molecule has 2 bridgehead atoms. The second kappa shape index (κ2) is 6.59. The summed E-state index contributed by atoms with van der Waals surface area (Å²) in [6.45, 7) is 0.281. The van der Waals surface area contributed by atoms with Crippen molar-refractivity contribution in [3.05, 3.63) is 29.3 Å². The zero-order chi connectivity index (χ0) is 18.6. The van der Waals surface area contributed by atoms with Gasteiger partial charge in [0.15, 0.2) is 0 Å². The van der Waals surface area contributed by atoms with E-state index < -0.39 is 0 Å². The van der Waals surface area contributed by atoms with Crippen LogP contribution in [0.25, 0.3) is 0 Å². The fourth-order valence-electron chi connectivity index (χ4n) is 7.14. The van der Waals surface area contributed by atoms with Gasteiger partial charge in [-0.05, 0) is 66.7 Å². The first-order valence-electron chi connectivity index (χ1n) is 10.5. The van der Waals surface area contributed by atoms with Gasteiger partial charge >= 0.3 is 0 Å². The molecule has 3 saturated carbocycles. The molecule has 0 aliphatic heterocycles. The Morgan fingerprint density at radius 1 is 1.15 bits per heavy atom. The monoisotopic (exact) mass is 370 g/mol. The van der Waals surface area contributed by atoms with Crippen molar-refractivity contribution in [3.63, 3.8) is 0 Å². The lowest BCUT2D eigenvalue weighted by Crippen LogP contribution is -2.47. The summed E-state index contributed by atoms with van der Waals surface area (Å²) in [7, 11) is 3.41. The second-order valence-electron chi connectivity index (χ2n) is 9.04. The average molecular weight is 370 g/mol. The highest BCUT2D eigenvalue weighted by atomic mass is 16.7. The van der Waals surface area contributed by atoms with Crippen molar-refractivity contribution in [2.75, 3.05) is 21.0 Å². The first-order valence-corrected chi connectivity index (χ1v) is 10.5. The summed E-state index contributed by atoms with van der Waals surface area (Å²) in [5.41, 5.74) is 2.24. The van der Waals surface area contributed by atoms with E-state index in [0.29, 0.717) is 41.8 Å². The summed E-state index contributed by atoms with van der Waals surface area (Å²) in [6, 6.07) is 6.40. The fourth-order valence-corrected chi connectivity index (χ4v) is 7.14. The number of rotatable bonds is 4. The van der Waals surface area contributed by atoms with Crippen LogP contribution in [0.4, 0.5) is 0 Å². The number of benzene rings is 1. The summed E-state index contributed by atoms with van der Waals surface area (Å²) in [5.74, 6) is 3.75. The lowest BCUT2D eigenvalue weighted by Gasteiger charge is -2.46. The maximum atomic E-state index is 13.1. The third-order valence-corrected chi connectivity index (χ3v) is 8.01. The van der Waals surface area contributed by atoms with E-state index in [0.717, 1.165) is 25.0 Å². The van der Waals surface area contributed by atoms with E-state index in [4.69, 9.17) is 14.2 Å². The number of hydrogen-bond acceptors (Lipinski definition) is 4. The van der Waals surface area contributed by atoms with Crippen LogP contribution in [-0.2, 0) is 26.3 Å². The molecular formula is C23H30O4. The topological polar surface area (TPSA) is 44.8 Å². The molecule has 5 rings (SSSR count). The molecule has 1 aromatic rings. The molecule has 0 heterocycles. The summed E-state index contributed by atoms with van der Waals surface area (Å²) < 4.78 is 17.3. The zero-order valence-electron chi connectivity index (χ0n) is 16.4. The minimum atomic E-state index is -0.372. The molecule has 6 atom stereocenters. The molecule has 3 fully saturated rings. The highest BCUT2D eigenvalue weighted by molar-refractivity contribution is 5.83. The van der Waals surface area contributed by atoms with Crippen LogP contribution in [0, 0.1) is 29.6 Å². The summed E-state index contributed by atoms with van der Waals surface area (Å²) >= 11 is 0. The lowest BCUT2D eigenvalue weighted by molar-refractivity contribution is -0.171. The second-order valence-corrected chi connectivity index (χ2v) is 9.04. The van der Waals surface area contributed by atoms with E-state index in [2.05, 4.69) is 12.1 Å². The number of Topliss-reactive ketones (excluding diaryl/α,β-unsaturated/α-hetero) is 1. The Kier molecular flexibility index (Phi) is 4.32. The molecule has 1 aromatic carbocycles. The van der Waals surface area contributed by atoms with Gasteiger partial charge < -0.3 is 14.2 Å². The predicted octanol–water partition coefficient (Wildman–Crippen LogP) is 4.10. The number of ether oxygens (including phenoxy) is 3. The number of carbonyl (C=O) groups excluding carboxylic acids is 1. The molecule has 4 aliphatic carbocycles. The van der Waals surface area contributed by atoms with Gasteiger partial charge in [-0.25, -0.2) is 0 Å². The molecule has 4 nitrogen and oxygen atoms in total. The third-order valence-electron chi connectivity index (χ3n) is 8.01. The molecule has 0 amide bonds. The number of fused-ring (bicyclic) bond motifs is 9. The summed E-state index contributed by atoms with van der Waals surface area (Å²) in [6.07, 6.45) is 7.61. The van der Waals surface area contributed by atoms with Crippen LogP contribution in [-0.4, -0.2) is 26.8 Å². The number of ketones is 1. The highest BCUT2D eigenvalue weighted by Crippen LogP contribution is 2.65. The first-order chi connectivity index (χ1) is 13.2. The Morgan fingerprint density at radius 3 is 2.81 bits per heavy atom. The van der Waals surface area contributed by atoms with Gasteiger partial charge in [-0.2, -0.15) is 0 Å². The van der Waals surface area contributed by atoms with E-state index in [1.54, 1.807) is 14.2 Å². The standard InChI is InChI=1S/C23H30O4/c1-25-13-27-23-12-15(9-14-10-16(26-2)7-8-19(14)23)22-18-6-4-3-5-17(18)21(24)11-20(22)23/h7-8,10,15,17-18,20,22H,3-6,9,11-13H2,1-2H3/t15?,17-,18-,20-,22+,23-/m0/s1. The third kappa shape index (κ3) is 2.52. The van der Waals surface area contributed by atoms with Crippen LogP contribution in [0.15, 0.2) is 18.2 Å². The van der Waals surface area contributed by atoms with Crippen molar-refractivity contribution in [3.8, 4) is 5.75 Å². The van der Waals surface area contributed by atoms with Gasteiger partial charge in [-0.15, -0.1) is 0 Å². The Bertz CT molecular complexity index is 744. The Labute approximate surface area is 161 Å². The molecule has 146 valence electrons. The van der Waals surface area contributed by atoms with Crippen molar-refractivity contribution in [2.45, 2.75) is 50.5 Å². The maximum absolute atomic E-state index is 13.1. The molecule has 4 aliphatic rings. The van der Waals surface area contributed by atoms with Crippen LogP contribution in [0.2, 0.25) is 0 Å². The SMILES string of the molecule is COCO[C@@]12CC(Cc3cc(OC)ccc31)[C@@H]1[C@H]3CCCC[C@@H]3C(=O)C[C@@H]12. The fraction of sp³-hybridized carbons (Fsp3) is 0.696. The normalized spacial score (nSPS) is 39.5. The minimum Gasteiger partial charge on any atom is -0.497 e. The average Bonchev–Trinajstić information content (AvgIpc) is 2.95. The van der Waals surface area contributed by atoms with Crippen LogP contribution in [0.5, 0.6) is 5.75 Å². The predicted molar refractivity (Wildman–Crippen MR) is 101 cm³/mol. The van der Waals surface area contributed by atoms with Crippen molar-refractivity contribution < 1.29 is 19.0 Å². The molecule has 1 unspecified atom stereocenters. The quantitative estimate of drug-likeness (QED) is 0.749. The van der Waals surface area contributed by atoms with Crippen molar-refractivity contribution >= 4 is 5.78 Å². The van der Waals surface area contributed by atoms with Crippen molar-refractivity contribution in [1.29, 1.82) is 0 Å². The van der Waals surface area contributed by atoms with Gasteiger partial charge in [0.05, 0.1) is 7.11 Å². The van der Waals surface area contributed by atoms with Gasteiger partial charge in [0.1, 0.15) is 23.9 Å². The maximum Gasteiger partial charge on any atom is 0.147 e. The Hall–Kier alpha value is -1.39. The number of methoxy groups -OCH3 is 2. The Balaban J connectivity index is 1.61. The minimum absolute atomic E-state index is 0.281. The number of hydrogen-bond donors (Lipinski definition) is 0. The van der Waals surface area contributed by atoms with E-state index in [1.165, 1.54) is 30.4 Å². The highest BCUT2D eigenvalue weighted by Gasteiger charge is 2.63. The van der Waals surface area contributed by atoms with Gasteiger partial charge in [-0.1, -0.05) is 18.9 Å². The summed E-state index contributed by atoms with van der Waals surface area (Å²) in [4.78, 5) is 13.1. The van der Waals surface area contributed by atoms with E-state index in [-0.39, 0.29) is 12.4 Å². The molecule has 0 radical (unpaired) electrons. The Morgan fingerprint density at radius 2 is 2.00 bits per heavy atom. The van der Waals surface area contributed by atoms with Crippen LogP contribution >= 0.6 is 0 Å². The summed E-state index contributed by atoms with van der Waals surface area (Å²) in [5, 5.41) is 0. The van der Waals surface area contributed by atoms with Gasteiger partial charge in [0.25, 0.3) is 0 Å². The van der Waals surface area contributed by atoms with Crippen molar-refractivity contribution in [2.24, 2.45) is 29.6 Å². The lowest BCUT2D eigenvalue weighted by atomic mass is 9.59. The van der Waals surface area contributed by atoms with E-state index in [1.807, 2.05) is 6.07 Å². The van der Waals surface area contributed by atoms with Crippen LogP contribution < -0.4 is 4.74 Å².